The zero-order valence-electron chi connectivity index (χ0n) is 8.23. The van der Waals surface area contributed by atoms with Crippen LogP contribution in [0.3, 0.4) is 0 Å². The zero-order chi connectivity index (χ0) is 10.0. The maximum absolute atomic E-state index is 11.2. The van der Waals surface area contributed by atoms with Gasteiger partial charge in [-0.1, -0.05) is 0 Å². The Morgan fingerprint density at radius 1 is 1.67 bits per heavy atom. The van der Waals surface area contributed by atoms with Crippen molar-refractivity contribution in [2.45, 2.75) is 24.8 Å². The van der Waals surface area contributed by atoms with E-state index in [-0.39, 0.29) is 12.4 Å². The van der Waals surface area contributed by atoms with Crippen LogP contribution in [-0.2, 0) is 11.2 Å². The molecular weight excluding hydrogens is 234 g/mol. The Kier molecular flexibility index (Phi) is 4.13. The molecule has 1 aliphatic rings. The lowest BCUT2D eigenvalue weighted by atomic mass is 9.90. The molecule has 5 heteroatoms. The summed E-state index contributed by atoms with van der Waals surface area (Å²) in [5, 5.41) is 16.3. The summed E-state index contributed by atoms with van der Waals surface area (Å²) in [5.74, 6) is -0.721. The Balaban J connectivity index is 0.00000112. The van der Waals surface area contributed by atoms with Crippen molar-refractivity contribution in [3.05, 3.63) is 22.4 Å². The van der Waals surface area contributed by atoms with Gasteiger partial charge in [0.15, 0.2) is 0 Å². The van der Waals surface area contributed by atoms with Gasteiger partial charge in [-0.3, -0.25) is 4.79 Å². The van der Waals surface area contributed by atoms with Gasteiger partial charge in [0, 0.05) is 6.42 Å². The first-order valence-electron chi connectivity index (χ1n) is 4.72. The number of carboxylic acid groups (broad SMARTS) is 1. The van der Waals surface area contributed by atoms with Gasteiger partial charge >= 0.3 is 5.97 Å². The van der Waals surface area contributed by atoms with Crippen molar-refractivity contribution >= 4 is 29.7 Å². The molecule has 1 saturated heterocycles. The van der Waals surface area contributed by atoms with Crippen LogP contribution in [0.2, 0.25) is 0 Å². The zero-order valence-corrected chi connectivity index (χ0v) is 9.87. The number of carbonyl (C=O) groups is 1. The first-order chi connectivity index (χ1) is 6.73. The van der Waals surface area contributed by atoms with Crippen LogP contribution in [-0.4, -0.2) is 23.2 Å². The summed E-state index contributed by atoms with van der Waals surface area (Å²) in [4.78, 5) is 11.2. The fourth-order valence-corrected chi connectivity index (χ4v) is 2.63. The Morgan fingerprint density at radius 3 is 2.93 bits per heavy atom. The molecule has 1 aliphatic heterocycles. The molecule has 3 nitrogen and oxygen atoms in total. The third-order valence-electron chi connectivity index (χ3n) is 2.74. The van der Waals surface area contributed by atoms with Crippen molar-refractivity contribution < 1.29 is 9.90 Å². The second kappa shape index (κ2) is 4.96. The van der Waals surface area contributed by atoms with E-state index in [4.69, 9.17) is 0 Å². The highest BCUT2D eigenvalue weighted by atomic mass is 35.5. The summed E-state index contributed by atoms with van der Waals surface area (Å²) < 4.78 is 0. The molecule has 0 spiro atoms. The van der Waals surface area contributed by atoms with E-state index < -0.39 is 11.5 Å². The van der Waals surface area contributed by atoms with E-state index in [1.54, 1.807) is 11.3 Å². The molecule has 2 N–H and O–H groups in total. The third-order valence-corrected chi connectivity index (χ3v) is 3.47. The lowest BCUT2D eigenvalue weighted by Crippen LogP contribution is -2.49. The molecular formula is C10H14ClNO2S. The number of hydrogen-bond acceptors (Lipinski definition) is 3. The number of hydrogen-bond donors (Lipinski definition) is 2. The van der Waals surface area contributed by atoms with Gasteiger partial charge in [-0.25, -0.2) is 0 Å². The van der Waals surface area contributed by atoms with E-state index in [0.29, 0.717) is 6.42 Å². The summed E-state index contributed by atoms with van der Waals surface area (Å²) in [6, 6.07) is 2.00. The summed E-state index contributed by atoms with van der Waals surface area (Å²) in [5.41, 5.74) is 0.410. The molecule has 84 valence electrons. The Hall–Kier alpha value is -0.580. The van der Waals surface area contributed by atoms with Crippen LogP contribution in [0.4, 0.5) is 0 Å². The summed E-state index contributed by atoms with van der Waals surface area (Å²) in [6.45, 7) is 0.816. The summed E-state index contributed by atoms with van der Waals surface area (Å²) in [7, 11) is 0. The normalized spacial score (nSPS) is 24.8. The molecule has 1 atom stereocenters. The fraction of sp³-hybridized carbons (Fsp3) is 0.500. The summed E-state index contributed by atoms with van der Waals surface area (Å²) >= 11 is 1.61. The maximum Gasteiger partial charge on any atom is 0.324 e. The van der Waals surface area contributed by atoms with Gasteiger partial charge in [-0.2, -0.15) is 11.3 Å². The van der Waals surface area contributed by atoms with Crippen LogP contribution >= 0.6 is 23.7 Å². The lowest BCUT2D eigenvalue weighted by molar-refractivity contribution is -0.144. The second-order valence-corrected chi connectivity index (χ2v) is 4.51. The number of nitrogens with one attached hydrogen (secondary N) is 1. The molecule has 2 rings (SSSR count). The van der Waals surface area contributed by atoms with Crippen LogP contribution in [0.1, 0.15) is 18.4 Å². The quantitative estimate of drug-likeness (QED) is 0.858. The molecule has 1 aromatic heterocycles. The largest absolute Gasteiger partial charge is 0.480 e. The van der Waals surface area contributed by atoms with E-state index in [0.717, 1.165) is 24.9 Å². The SMILES string of the molecule is Cl.O=C(O)C1(Cc2ccsc2)CCCN1. The number of carboxylic acids is 1. The highest BCUT2D eigenvalue weighted by Gasteiger charge is 2.40. The minimum Gasteiger partial charge on any atom is -0.480 e. The minimum atomic E-state index is -0.721. The highest BCUT2D eigenvalue weighted by molar-refractivity contribution is 7.07. The van der Waals surface area contributed by atoms with E-state index in [2.05, 4.69) is 5.32 Å². The molecule has 0 aliphatic carbocycles. The van der Waals surface area contributed by atoms with Crippen molar-refractivity contribution in [1.29, 1.82) is 0 Å². The van der Waals surface area contributed by atoms with E-state index in [1.165, 1.54) is 0 Å². The Bertz CT molecular complexity index is 320. The maximum atomic E-state index is 11.2. The Labute approximate surface area is 98.9 Å². The van der Waals surface area contributed by atoms with Crippen LogP contribution in [0.25, 0.3) is 0 Å². The Morgan fingerprint density at radius 2 is 2.47 bits per heavy atom. The lowest BCUT2D eigenvalue weighted by Gasteiger charge is -2.23. The van der Waals surface area contributed by atoms with Crippen molar-refractivity contribution in [2.75, 3.05) is 6.54 Å². The molecule has 0 amide bonds. The van der Waals surface area contributed by atoms with E-state index in [9.17, 15) is 9.90 Å². The molecule has 0 radical (unpaired) electrons. The van der Waals surface area contributed by atoms with Crippen molar-refractivity contribution in [3.63, 3.8) is 0 Å². The molecule has 2 heterocycles. The van der Waals surface area contributed by atoms with Gasteiger partial charge in [0.1, 0.15) is 5.54 Å². The van der Waals surface area contributed by atoms with Gasteiger partial charge in [-0.15, -0.1) is 12.4 Å². The molecule has 15 heavy (non-hydrogen) atoms. The minimum absolute atomic E-state index is 0. The van der Waals surface area contributed by atoms with E-state index >= 15 is 0 Å². The number of rotatable bonds is 3. The topological polar surface area (TPSA) is 49.3 Å². The van der Waals surface area contributed by atoms with Crippen LogP contribution in [0.5, 0.6) is 0 Å². The summed E-state index contributed by atoms with van der Waals surface area (Å²) in [6.07, 6.45) is 2.29. The van der Waals surface area contributed by atoms with Gasteiger partial charge < -0.3 is 10.4 Å². The van der Waals surface area contributed by atoms with Gasteiger partial charge in [-0.05, 0) is 41.8 Å². The van der Waals surface area contributed by atoms with Crippen molar-refractivity contribution in [1.82, 2.24) is 5.32 Å². The predicted molar refractivity (Wildman–Crippen MR) is 62.9 cm³/mol. The average Bonchev–Trinajstić information content (AvgIpc) is 2.76. The van der Waals surface area contributed by atoms with E-state index in [1.807, 2.05) is 16.8 Å². The van der Waals surface area contributed by atoms with Crippen LogP contribution < -0.4 is 5.32 Å². The number of aliphatic carboxylic acids is 1. The number of thiophene rings is 1. The average molecular weight is 248 g/mol. The molecule has 1 unspecified atom stereocenters. The molecule has 0 aromatic carbocycles. The molecule has 0 bridgehead atoms. The van der Waals surface area contributed by atoms with Crippen molar-refractivity contribution in [2.24, 2.45) is 0 Å². The third kappa shape index (κ3) is 2.51. The van der Waals surface area contributed by atoms with Gasteiger partial charge in [0.25, 0.3) is 0 Å². The van der Waals surface area contributed by atoms with Gasteiger partial charge in [0.05, 0.1) is 0 Å². The van der Waals surface area contributed by atoms with Gasteiger partial charge in [0.2, 0.25) is 0 Å². The monoisotopic (exact) mass is 247 g/mol. The number of halogens is 1. The van der Waals surface area contributed by atoms with Crippen molar-refractivity contribution in [3.8, 4) is 0 Å². The fourth-order valence-electron chi connectivity index (χ4n) is 1.96. The van der Waals surface area contributed by atoms with Crippen LogP contribution in [0, 0.1) is 0 Å². The second-order valence-electron chi connectivity index (χ2n) is 3.73. The first kappa shape index (κ1) is 12.5. The molecule has 1 aromatic rings. The highest BCUT2D eigenvalue weighted by Crippen LogP contribution is 2.25. The first-order valence-corrected chi connectivity index (χ1v) is 5.67. The predicted octanol–water partition coefficient (Wildman–Crippen LogP) is 1.92. The molecule has 1 fully saturated rings. The van der Waals surface area contributed by atoms with Crippen LogP contribution in [0.15, 0.2) is 16.8 Å². The standard InChI is InChI=1S/C10H13NO2S.ClH/c12-9(13)10(3-1-4-11-10)6-8-2-5-14-7-8;/h2,5,7,11H,1,3-4,6H2,(H,12,13);1H. The molecule has 0 saturated carbocycles. The smallest absolute Gasteiger partial charge is 0.324 e.